The average Bonchev–Trinajstić information content (AvgIpc) is 2.17. The monoisotopic (exact) mass is 184 g/mol. The maximum absolute atomic E-state index is 5.78. The molecule has 0 aromatic heterocycles. The summed E-state index contributed by atoms with van der Waals surface area (Å²) in [4.78, 5) is 2.57. The van der Waals surface area contributed by atoms with Gasteiger partial charge in [-0.3, -0.25) is 4.90 Å². The highest BCUT2D eigenvalue weighted by molar-refractivity contribution is 4.90. The van der Waals surface area contributed by atoms with Crippen LogP contribution in [0.1, 0.15) is 20.3 Å². The second kappa shape index (κ2) is 3.95. The van der Waals surface area contributed by atoms with Crippen molar-refractivity contribution in [3.05, 3.63) is 0 Å². The Hall–Kier alpha value is -0.120. The summed E-state index contributed by atoms with van der Waals surface area (Å²) in [6.07, 6.45) is 1.66. The summed E-state index contributed by atoms with van der Waals surface area (Å²) >= 11 is 0. The molecule has 13 heavy (non-hydrogen) atoms. The van der Waals surface area contributed by atoms with Gasteiger partial charge in [-0.2, -0.15) is 0 Å². The fraction of sp³-hybridized carbons (Fsp3) is 1.00. The maximum atomic E-state index is 5.78. The van der Waals surface area contributed by atoms with Crippen molar-refractivity contribution >= 4 is 0 Å². The molecular formula is C10H20N2O. The van der Waals surface area contributed by atoms with Crippen molar-refractivity contribution < 1.29 is 4.74 Å². The maximum Gasteiger partial charge on any atom is 0.0755 e. The lowest BCUT2D eigenvalue weighted by Crippen LogP contribution is -2.60. The van der Waals surface area contributed by atoms with Crippen molar-refractivity contribution in [2.45, 2.75) is 38.5 Å². The third kappa shape index (κ3) is 1.87. The lowest BCUT2D eigenvalue weighted by molar-refractivity contribution is -0.0923. The number of nitrogens with one attached hydrogen (secondary N) is 1. The standard InChI is InChI=1S/C10H20N2O/c1-8(2)12-5-6-13-10-3-4-11-7-9(10)12/h8-11H,3-7H2,1-2H3/t9-,10+/m0/s1. The number of hydrogen-bond acceptors (Lipinski definition) is 3. The van der Waals surface area contributed by atoms with Crippen LogP contribution in [0.4, 0.5) is 0 Å². The second-order valence-corrected chi connectivity index (χ2v) is 4.30. The van der Waals surface area contributed by atoms with Gasteiger partial charge in [0.05, 0.1) is 12.7 Å². The summed E-state index contributed by atoms with van der Waals surface area (Å²) < 4.78 is 5.78. The summed E-state index contributed by atoms with van der Waals surface area (Å²) in [5, 5.41) is 3.45. The predicted octanol–water partition coefficient (Wildman–Crippen LogP) is 0.458. The lowest BCUT2D eigenvalue weighted by Gasteiger charge is -2.45. The zero-order valence-corrected chi connectivity index (χ0v) is 8.62. The molecule has 2 atom stereocenters. The highest BCUT2D eigenvalue weighted by Gasteiger charge is 2.34. The summed E-state index contributed by atoms with van der Waals surface area (Å²) in [5.41, 5.74) is 0. The SMILES string of the molecule is CC(C)N1CCO[C@@H]2CCNC[C@@H]21. The van der Waals surface area contributed by atoms with Crippen LogP contribution in [0, 0.1) is 0 Å². The number of fused-ring (bicyclic) bond motifs is 1. The Morgan fingerprint density at radius 3 is 3.08 bits per heavy atom. The second-order valence-electron chi connectivity index (χ2n) is 4.30. The fourth-order valence-corrected chi connectivity index (χ4v) is 2.46. The van der Waals surface area contributed by atoms with E-state index in [4.69, 9.17) is 4.74 Å². The first-order valence-corrected chi connectivity index (χ1v) is 5.37. The summed E-state index contributed by atoms with van der Waals surface area (Å²) in [5.74, 6) is 0. The van der Waals surface area contributed by atoms with Crippen molar-refractivity contribution in [1.29, 1.82) is 0 Å². The molecule has 2 heterocycles. The Morgan fingerprint density at radius 1 is 1.46 bits per heavy atom. The molecule has 0 aromatic rings. The minimum Gasteiger partial charge on any atom is -0.375 e. The van der Waals surface area contributed by atoms with Crippen LogP contribution in [0.5, 0.6) is 0 Å². The highest BCUT2D eigenvalue weighted by Crippen LogP contribution is 2.20. The molecule has 2 saturated heterocycles. The number of hydrogen-bond donors (Lipinski definition) is 1. The van der Waals surface area contributed by atoms with E-state index in [2.05, 4.69) is 24.1 Å². The van der Waals surface area contributed by atoms with Gasteiger partial charge in [0.25, 0.3) is 0 Å². The first kappa shape index (κ1) is 9.44. The van der Waals surface area contributed by atoms with Gasteiger partial charge in [0.2, 0.25) is 0 Å². The Labute approximate surface area is 80.4 Å². The third-order valence-electron chi connectivity index (χ3n) is 3.16. The molecule has 0 unspecified atom stereocenters. The molecule has 2 aliphatic heterocycles. The number of nitrogens with zero attached hydrogens (tertiary/aromatic N) is 1. The quantitative estimate of drug-likeness (QED) is 0.640. The Kier molecular flexibility index (Phi) is 2.86. The summed E-state index contributed by atoms with van der Waals surface area (Å²) in [6.45, 7) is 8.78. The average molecular weight is 184 g/mol. The van der Waals surface area contributed by atoms with E-state index in [1.165, 1.54) is 6.42 Å². The molecule has 0 aromatic carbocycles. The Bertz CT molecular complexity index is 170. The molecule has 3 heteroatoms. The van der Waals surface area contributed by atoms with Crippen LogP contribution in [0.2, 0.25) is 0 Å². The molecule has 2 aliphatic rings. The minimum absolute atomic E-state index is 0.484. The molecule has 1 N–H and O–H groups in total. The Balaban J connectivity index is 2.02. The van der Waals surface area contributed by atoms with Crippen LogP contribution < -0.4 is 5.32 Å². The van der Waals surface area contributed by atoms with Crippen LogP contribution in [0.15, 0.2) is 0 Å². The number of piperidine rings is 1. The molecule has 2 fully saturated rings. The Morgan fingerprint density at radius 2 is 2.31 bits per heavy atom. The highest BCUT2D eigenvalue weighted by atomic mass is 16.5. The van der Waals surface area contributed by atoms with Gasteiger partial charge in [-0.1, -0.05) is 0 Å². The van der Waals surface area contributed by atoms with Gasteiger partial charge in [-0.05, 0) is 26.8 Å². The zero-order valence-electron chi connectivity index (χ0n) is 8.62. The summed E-state index contributed by atoms with van der Waals surface area (Å²) in [7, 11) is 0. The van der Waals surface area contributed by atoms with Crippen LogP contribution in [-0.4, -0.2) is 49.3 Å². The van der Waals surface area contributed by atoms with Gasteiger partial charge < -0.3 is 10.1 Å². The van der Waals surface area contributed by atoms with Crippen molar-refractivity contribution in [2.75, 3.05) is 26.2 Å². The summed E-state index contributed by atoms with van der Waals surface area (Å²) in [6, 6.07) is 1.26. The van der Waals surface area contributed by atoms with Gasteiger partial charge in [0.1, 0.15) is 0 Å². The minimum atomic E-state index is 0.484. The van der Waals surface area contributed by atoms with E-state index >= 15 is 0 Å². The van der Waals surface area contributed by atoms with E-state index in [0.717, 1.165) is 26.2 Å². The van der Waals surface area contributed by atoms with Gasteiger partial charge in [0.15, 0.2) is 0 Å². The number of morpholine rings is 1. The van der Waals surface area contributed by atoms with Crippen molar-refractivity contribution in [1.82, 2.24) is 10.2 Å². The molecule has 2 rings (SSSR count). The number of ether oxygens (including phenoxy) is 1. The topological polar surface area (TPSA) is 24.5 Å². The largest absolute Gasteiger partial charge is 0.375 e. The van der Waals surface area contributed by atoms with Gasteiger partial charge >= 0.3 is 0 Å². The van der Waals surface area contributed by atoms with E-state index in [9.17, 15) is 0 Å². The van der Waals surface area contributed by atoms with E-state index in [-0.39, 0.29) is 0 Å². The predicted molar refractivity (Wildman–Crippen MR) is 52.9 cm³/mol. The van der Waals surface area contributed by atoms with Crippen molar-refractivity contribution in [3.8, 4) is 0 Å². The third-order valence-corrected chi connectivity index (χ3v) is 3.16. The van der Waals surface area contributed by atoms with Gasteiger partial charge in [-0.15, -0.1) is 0 Å². The van der Waals surface area contributed by atoms with E-state index < -0.39 is 0 Å². The molecule has 76 valence electrons. The fourth-order valence-electron chi connectivity index (χ4n) is 2.46. The molecule has 0 bridgehead atoms. The van der Waals surface area contributed by atoms with E-state index in [1.807, 2.05) is 0 Å². The molecule has 0 aliphatic carbocycles. The number of rotatable bonds is 1. The molecular weight excluding hydrogens is 164 g/mol. The van der Waals surface area contributed by atoms with Crippen LogP contribution in [0.3, 0.4) is 0 Å². The van der Waals surface area contributed by atoms with Gasteiger partial charge in [-0.25, -0.2) is 0 Å². The van der Waals surface area contributed by atoms with Crippen LogP contribution in [0.25, 0.3) is 0 Å². The molecule has 3 nitrogen and oxygen atoms in total. The molecule has 0 radical (unpaired) electrons. The van der Waals surface area contributed by atoms with Crippen molar-refractivity contribution in [3.63, 3.8) is 0 Å². The van der Waals surface area contributed by atoms with Gasteiger partial charge in [0, 0.05) is 25.2 Å². The molecule has 0 spiro atoms. The smallest absolute Gasteiger partial charge is 0.0755 e. The van der Waals surface area contributed by atoms with Crippen LogP contribution >= 0.6 is 0 Å². The van der Waals surface area contributed by atoms with E-state index in [1.54, 1.807) is 0 Å². The van der Waals surface area contributed by atoms with Crippen molar-refractivity contribution in [2.24, 2.45) is 0 Å². The van der Waals surface area contributed by atoms with E-state index in [0.29, 0.717) is 18.2 Å². The first-order chi connectivity index (χ1) is 6.29. The molecule has 0 amide bonds. The van der Waals surface area contributed by atoms with Crippen LogP contribution in [-0.2, 0) is 4.74 Å². The normalized spacial score (nSPS) is 36.2. The zero-order chi connectivity index (χ0) is 9.26. The first-order valence-electron chi connectivity index (χ1n) is 5.37. The molecule has 0 saturated carbocycles. The lowest BCUT2D eigenvalue weighted by atomic mass is 9.99.